The van der Waals surface area contributed by atoms with Crippen LogP contribution in [0.1, 0.15) is 64.6 Å². The normalized spacial score (nSPS) is 12.6. The lowest BCUT2D eigenvalue weighted by atomic mass is 10.1. The second-order valence-electron chi connectivity index (χ2n) is 5.69. The van der Waals surface area contributed by atoms with Crippen molar-refractivity contribution in [3.05, 3.63) is 11.9 Å². The van der Waals surface area contributed by atoms with Gasteiger partial charge in [0, 0.05) is 24.5 Å². The van der Waals surface area contributed by atoms with E-state index in [1.807, 2.05) is 32.3 Å². The Hall–Kier alpha value is -0.880. The number of aromatic nitrogens is 2. The summed E-state index contributed by atoms with van der Waals surface area (Å²) in [5.74, 6) is 0.331. The number of hydrogen-bond acceptors (Lipinski definition) is 4. The molecule has 0 saturated carbocycles. The van der Waals surface area contributed by atoms with Crippen molar-refractivity contribution in [1.82, 2.24) is 9.55 Å². The maximum Gasteiger partial charge on any atom is 0.228 e. The number of unbranched alkanes of at least 4 members (excludes halogenated alkanes) is 2. The third-order valence-corrected chi connectivity index (χ3v) is 4.93. The topological polar surface area (TPSA) is 72.2 Å². The maximum atomic E-state index is 12.4. The zero-order valence-electron chi connectivity index (χ0n) is 12.8. The highest BCUT2D eigenvalue weighted by molar-refractivity contribution is 7.91. The van der Waals surface area contributed by atoms with Crippen molar-refractivity contribution in [2.45, 2.75) is 64.1 Å². The average Bonchev–Trinajstić information content (AvgIpc) is 2.80. The summed E-state index contributed by atoms with van der Waals surface area (Å²) in [6, 6.07) is 0.0668. The number of hydrogen-bond donors (Lipinski definition) is 1. The minimum absolute atomic E-state index is 0.0668. The molecule has 1 N–H and O–H groups in total. The smallest absolute Gasteiger partial charge is 0.228 e. The molecule has 0 aromatic carbocycles. The Kier molecular flexibility index (Phi) is 6.20. The van der Waals surface area contributed by atoms with Crippen LogP contribution in [-0.4, -0.2) is 35.4 Å². The summed E-state index contributed by atoms with van der Waals surface area (Å²) >= 11 is 0. The SMILES string of the molecule is CC(C)c1cnc(S(=O)(=O)CCCCCO)n1C(C)C. The zero-order valence-corrected chi connectivity index (χ0v) is 13.7. The van der Waals surface area contributed by atoms with E-state index in [2.05, 4.69) is 4.98 Å². The van der Waals surface area contributed by atoms with Crippen LogP contribution in [0.5, 0.6) is 0 Å². The van der Waals surface area contributed by atoms with Crippen molar-refractivity contribution in [2.24, 2.45) is 0 Å². The monoisotopic (exact) mass is 302 g/mol. The third kappa shape index (κ3) is 4.06. The molecule has 0 saturated heterocycles. The second-order valence-corrected chi connectivity index (χ2v) is 7.69. The van der Waals surface area contributed by atoms with Gasteiger partial charge in [-0.2, -0.15) is 0 Å². The summed E-state index contributed by atoms with van der Waals surface area (Å²) in [7, 11) is -3.36. The summed E-state index contributed by atoms with van der Waals surface area (Å²) in [6.07, 6.45) is 3.59. The zero-order chi connectivity index (χ0) is 15.3. The molecule has 0 aliphatic heterocycles. The Balaban J connectivity index is 3.00. The molecule has 0 bridgehead atoms. The highest BCUT2D eigenvalue weighted by atomic mass is 32.2. The van der Waals surface area contributed by atoms with E-state index in [0.717, 1.165) is 12.1 Å². The molecule has 20 heavy (non-hydrogen) atoms. The average molecular weight is 302 g/mol. The van der Waals surface area contributed by atoms with Gasteiger partial charge in [-0.1, -0.05) is 20.3 Å². The van der Waals surface area contributed by atoms with Crippen LogP contribution in [0.4, 0.5) is 0 Å². The van der Waals surface area contributed by atoms with Crippen molar-refractivity contribution >= 4 is 9.84 Å². The minimum atomic E-state index is -3.36. The Morgan fingerprint density at radius 1 is 1.20 bits per heavy atom. The first-order valence-corrected chi connectivity index (χ1v) is 8.87. The number of imidazole rings is 1. The van der Waals surface area contributed by atoms with Crippen LogP contribution in [0.25, 0.3) is 0 Å². The highest BCUT2D eigenvalue weighted by Crippen LogP contribution is 2.24. The van der Waals surface area contributed by atoms with E-state index in [1.54, 1.807) is 6.20 Å². The quantitative estimate of drug-likeness (QED) is 0.749. The Morgan fingerprint density at radius 2 is 1.85 bits per heavy atom. The van der Waals surface area contributed by atoms with Crippen LogP contribution in [0, 0.1) is 0 Å². The number of rotatable bonds is 8. The molecule has 0 radical (unpaired) electrons. The van der Waals surface area contributed by atoms with Gasteiger partial charge in [0.1, 0.15) is 0 Å². The number of aliphatic hydroxyl groups excluding tert-OH is 1. The molecule has 5 nitrogen and oxygen atoms in total. The Morgan fingerprint density at radius 3 is 2.35 bits per heavy atom. The third-order valence-electron chi connectivity index (χ3n) is 3.25. The molecule has 0 amide bonds. The van der Waals surface area contributed by atoms with E-state index in [-0.39, 0.29) is 29.5 Å². The summed E-state index contributed by atoms with van der Waals surface area (Å²) in [5.41, 5.74) is 0.953. The van der Waals surface area contributed by atoms with Crippen LogP contribution in [-0.2, 0) is 9.84 Å². The molecule has 6 heteroatoms. The number of sulfone groups is 1. The summed E-state index contributed by atoms with van der Waals surface area (Å²) in [4.78, 5) is 4.15. The van der Waals surface area contributed by atoms with Gasteiger partial charge in [0.2, 0.25) is 15.0 Å². The Labute approximate surface area is 122 Å². The molecule has 0 fully saturated rings. The maximum absolute atomic E-state index is 12.4. The van der Waals surface area contributed by atoms with Crippen molar-refractivity contribution in [2.75, 3.05) is 12.4 Å². The molecular formula is C14H26N2O3S. The van der Waals surface area contributed by atoms with Crippen LogP contribution in [0.3, 0.4) is 0 Å². The van der Waals surface area contributed by atoms with Gasteiger partial charge in [-0.15, -0.1) is 0 Å². The van der Waals surface area contributed by atoms with Gasteiger partial charge in [-0.05, 0) is 32.6 Å². The first kappa shape index (κ1) is 17.2. The van der Waals surface area contributed by atoms with Crippen LogP contribution in [0.2, 0.25) is 0 Å². The molecule has 1 aromatic heterocycles. The second kappa shape index (κ2) is 7.22. The van der Waals surface area contributed by atoms with E-state index in [4.69, 9.17) is 5.11 Å². The fourth-order valence-electron chi connectivity index (χ4n) is 2.20. The predicted octanol–water partition coefficient (Wildman–Crippen LogP) is 2.52. The minimum Gasteiger partial charge on any atom is -0.396 e. The lowest BCUT2D eigenvalue weighted by Gasteiger charge is -2.17. The van der Waals surface area contributed by atoms with Gasteiger partial charge in [0.25, 0.3) is 0 Å². The molecular weight excluding hydrogens is 276 g/mol. The summed E-state index contributed by atoms with van der Waals surface area (Å²) in [6.45, 7) is 8.12. The fraction of sp³-hybridized carbons (Fsp3) is 0.786. The van der Waals surface area contributed by atoms with E-state index in [0.29, 0.717) is 12.8 Å². The number of nitrogens with zero attached hydrogens (tertiary/aromatic N) is 2. The van der Waals surface area contributed by atoms with Crippen LogP contribution >= 0.6 is 0 Å². The first-order valence-electron chi connectivity index (χ1n) is 7.22. The Bertz CT molecular complexity index is 519. The molecule has 0 spiro atoms. The molecule has 116 valence electrons. The van der Waals surface area contributed by atoms with Gasteiger partial charge < -0.3 is 9.67 Å². The van der Waals surface area contributed by atoms with Crippen LogP contribution < -0.4 is 0 Å². The first-order chi connectivity index (χ1) is 9.31. The molecule has 0 atom stereocenters. The van der Waals surface area contributed by atoms with Crippen molar-refractivity contribution in [3.8, 4) is 0 Å². The van der Waals surface area contributed by atoms with E-state index < -0.39 is 9.84 Å². The van der Waals surface area contributed by atoms with Crippen LogP contribution in [0.15, 0.2) is 11.4 Å². The standard InChI is InChI=1S/C14H26N2O3S/c1-11(2)13-10-15-14(16(13)12(3)4)20(18,19)9-7-5-6-8-17/h10-12,17H,5-9H2,1-4H3. The van der Waals surface area contributed by atoms with E-state index in [9.17, 15) is 8.42 Å². The molecule has 1 rings (SSSR count). The van der Waals surface area contributed by atoms with Crippen molar-refractivity contribution < 1.29 is 13.5 Å². The summed E-state index contributed by atoms with van der Waals surface area (Å²) in [5, 5.41) is 8.91. The van der Waals surface area contributed by atoms with Gasteiger partial charge in [-0.25, -0.2) is 13.4 Å². The van der Waals surface area contributed by atoms with Gasteiger partial charge in [0.05, 0.1) is 5.75 Å². The molecule has 0 aliphatic rings. The molecule has 0 unspecified atom stereocenters. The van der Waals surface area contributed by atoms with Gasteiger partial charge in [-0.3, -0.25) is 0 Å². The van der Waals surface area contributed by atoms with Gasteiger partial charge >= 0.3 is 0 Å². The van der Waals surface area contributed by atoms with E-state index >= 15 is 0 Å². The predicted molar refractivity (Wildman–Crippen MR) is 79.7 cm³/mol. The largest absolute Gasteiger partial charge is 0.396 e. The number of aliphatic hydroxyl groups is 1. The van der Waals surface area contributed by atoms with E-state index in [1.165, 1.54) is 0 Å². The molecule has 1 heterocycles. The van der Waals surface area contributed by atoms with Crippen molar-refractivity contribution in [1.29, 1.82) is 0 Å². The highest BCUT2D eigenvalue weighted by Gasteiger charge is 2.25. The fourth-order valence-corrected chi connectivity index (χ4v) is 3.80. The summed E-state index contributed by atoms with van der Waals surface area (Å²) < 4.78 is 26.6. The lowest BCUT2D eigenvalue weighted by Crippen LogP contribution is -2.17. The lowest BCUT2D eigenvalue weighted by molar-refractivity contribution is 0.284. The molecule has 1 aromatic rings. The van der Waals surface area contributed by atoms with Crippen molar-refractivity contribution in [3.63, 3.8) is 0 Å². The van der Waals surface area contributed by atoms with Gasteiger partial charge in [0.15, 0.2) is 0 Å². The molecule has 0 aliphatic carbocycles.